The van der Waals surface area contributed by atoms with Crippen LogP contribution in [0.15, 0.2) is 10.7 Å². The first-order chi connectivity index (χ1) is 8.99. The number of aryl methyl sites for hydroxylation is 1. The molecule has 4 nitrogen and oxygen atoms in total. The molecule has 5 heteroatoms. The number of likely N-dealkylation sites (N-methyl/N-ethyl adjacent to an activating group) is 1. The van der Waals surface area contributed by atoms with Crippen molar-refractivity contribution in [3.05, 3.63) is 16.4 Å². The second-order valence-electron chi connectivity index (χ2n) is 5.82. The fourth-order valence-electron chi connectivity index (χ4n) is 3.29. The van der Waals surface area contributed by atoms with Crippen LogP contribution < -0.4 is 0 Å². The number of aliphatic hydroxyl groups is 1. The molecule has 0 bridgehead atoms. The Morgan fingerprint density at radius 2 is 1.89 bits per heavy atom. The van der Waals surface area contributed by atoms with Gasteiger partial charge in [0.15, 0.2) is 0 Å². The van der Waals surface area contributed by atoms with Crippen molar-refractivity contribution in [2.45, 2.75) is 50.2 Å². The van der Waals surface area contributed by atoms with Crippen LogP contribution in [0.1, 0.15) is 50.3 Å². The van der Waals surface area contributed by atoms with Gasteiger partial charge in [-0.25, -0.2) is 0 Å². The molecule has 0 amide bonds. The molecule has 19 heavy (non-hydrogen) atoms. The standard InChI is InChI=1S/C14H24BrN3O/c1-17(2)14(8-6-4-5-7-9-14)13(19)12-11(15)10-16-18(12)3/h10,13,19H,4-9H2,1-3H3. The summed E-state index contributed by atoms with van der Waals surface area (Å²) in [5.74, 6) is 0. The minimum absolute atomic E-state index is 0.174. The van der Waals surface area contributed by atoms with E-state index in [-0.39, 0.29) is 5.54 Å². The van der Waals surface area contributed by atoms with Gasteiger partial charge in [0.05, 0.1) is 21.9 Å². The molecule has 1 heterocycles. The zero-order chi connectivity index (χ0) is 14.0. The van der Waals surface area contributed by atoms with Crippen LogP contribution in [0.3, 0.4) is 0 Å². The summed E-state index contributed by atoms with van der Waals surface area (Å²) < 4.78 is 2.68. The average Bonchev–Trinajstić information content (AvgIpc) is 2.58. The third-order valence-electron chi connectivity index (χ3n) is 4.57. The molecule has 0 saturated heterocycles. The molecule has 1 saturated carbocycles. The van der Waals surface area contributed by atoms with E-state index < -0.39 is 6.10 Å². The quantitative estimate of drug-likeness (QED) is 0.867. The smallest absolute Gasteiger partial charge is 0.115 e. The first-order valence-electron chi connectivity index (χ1n) is 7.02. The van der Waals surface area contributed by atoms with Crippen LogP contribution in [0.25, 0.3) is 0 Å². The molecule has 1 aliphatic rings. The Balaban J connectivity index is 2.38. The highest BCUT2D eigenvalue weighted by Crippen LogP contribution is 2.42. The van der Waals surface area contributed by atoms with E-state index in [0.717, 1.165) is 23.0 Å². The van der Waals surface area contributed by atoms with Gasteiger partial charge in [-0.1, -0.05) is 25.7 Å². The summed E-state index contributed by atoms with van der Waals surface area (Å²) in [7, 11) is 6.06. The predicted molar refractivity (Wildman–Crippen MR) is 80.0 cm³/mol. The number of hydrogen-bond acceptors (Lipinski definition) is 3. The lowest BCUT2D eigenvalue weighted by atomic mass is 9.81. The van der Waals surface area contributed by atoms with Crippen LogP contribution in [-0.2, 0) is 7.05 Å². The second kappa shape index (κ2) is 5.94. The molecule has 0 aromatic carbocycles. The van der Waals surface area contributed by atoms with E-state index in [2.05, 4.69) is 40.0 Å². The number of halogens is 1. The molecule has 0 aliphatic heterocycles. The van der Waals surface area contributed by atoms with Crippen LogP contribution in [0, 0.1) is 0 Å². The molecule has 1 fully saturated rings. The lowest BCUT2D eigenvalue weighted by Gasteiger charge is -2.43. The summed E-state index contributed by atoms with van der Waals surface area (Å²) in [6, 6.07) is 0. The van der Waals surface area contributed by atoms with E-state index in [4.69, 9.17) is 0 Å². The fraction of sp³-hybridized carbons (Fsp3) is 0.786. The van der Waals surface area contributed by atoms with Crippen LogP contribution in [0.2, 0.25) is 0 Å². The topological polar surface area (TPSA) is 41.3 Å². The lowest BCUT2D eigenvalue weighted by molar-refractivity contribution is -0.0245. The first-order valence-corrected chi connectivity index (χ1v) is 7.81. The van der Waals surface area contributed by atoms with Crippen LogP contribution >= 0.6 is 15.9 Å². The molecule has 1 aromatic rings. The third-order valence-corrected chi connectivity index (χ3v) is 5.18. The van der Waals surface area contributed by atoms with Crippen molar-refractivity contribution < 1.29 is 5.11 Å². The molecular weight excluding hydrogens is 306 g/mol. The summed E-state index contributed by atoms with van der Waals surface area (Å²) in [6.45, 7) is 0. The summed E-state index contributed by atoms with van der Waals surface area (Å²) in [5.41, 5.74) is 0.711. The summed E-state index contributed by atoms with van der Waals surface area (Å²) >= 11 is 3.52. The fourth-order valence-corrected chi connectivity index (χ4v) is 3.85. The van der Waals surface area contributed by atoms with Crippen LogP contribution in [-0.4, -0.2) is 39.4 Å². The number of nitrogens with zero attached hydrogens (tertiary/aromatic N) is 3. The molecular formula is C14H24BrN3O. The highest BCUT2D eigenvalue weighted by atomic mass is 79.9. The number of aromatic nitrogens is 2. The minimum Gasteiger partial charge on any atom is -0.385 e. The van der Waals surface area contributed by atoms with Gasteiger partial charge >= 0.3 is 0 Å². The van der Waals surface area contributed by atoms with E-state index >= 15 is 0 Å². The van der Waals surface area contributed by atoms with Gasteiger partial charge in [-0.05, 0) is 42.9 Å². The van der Waals surface area contributed by atoms with E-state index in [1.54, 1.807) is 10.9 Å². The second-order valence-corrected chi connectivity index (χ2v) is 6.67. The number of aliphatic hydroxyl groups excluding tert-OH is 1. The van der Waals surface area contributed by atoms with Gasteiger partial charge < -0.3 is 10.0 Å². The maximum atomic E-state index is 11.0. The zero-order valence-electron chi connectivity index (χ0n) is 12.1. The molecule has 108 valence electrons. The molecule has 1 aliphatic carbocycles. The Labute approximate surface area is 123 Å². The lowest BCUT2D eigenvalue weighted by Crippen LogP contribution is -2.49. The average molecular weight is 330 g/mol. The normalized spacial score (nSPS) is 21.4. The van der Waals surface area contributed by atoms with Gasteiger partial charge in [0.2, 0.25) is 0 Å². The molecule has 2 rings (SSSR count). The van der Waals surface area contributed by atoms with Gasteiger partial charge in [0.1, 0.15) is 6.10 Å². The number of rotatable bonds is 3. The Hall–Kier alpha value is -0.390. The molecule has 0 radical (unpaired) electrons. The maximum Gasteiger partial charge on any atom is 0.115 e. The zero-order valence-corrected chi connectivity index (χ0v) is 13.7. The molecule has 0 spiro atoms. The van der Waals surface area contributed by atoms with Crippen molar-refractivity contribution in [1.29, 1.82) is 0 Å². The van der Waals surface area contributed by atoms with Crippen molar-refractivity contribution in [2.75, 3.05) is 14.1 Å². The maximum absolute atomic E-state index is 11.0. The van der Waals surface area contributed by atoms with Crippen LogP contribution in [0.5, 0.6) is 0 Å². The van der Waals surface area contributed by atoms with E-state index in [0.29, 0.717) is 0 Å². The van der Waals surface area contributed by atoms with Crippen molar-refractivity contribution in [3.8, 4) is 0 Å². The molecule has 1 aromatic heterocycles. The Kier molecular flexibility index (Phi) is 4.69. The minimum atomic E-state index is -0.512. The molecule has 1 atom stereocenters. The monoisotopic (exact) mass is 329 g/mol. The van der Waals surface area contributed by atoms with Crippen LogP contribution in [0.4, 0.5) is 0 Å². The van der Waals surface area contributed by atoms with Gasteiger partial charge in [-0.3, -0.25) is 4.68 Å². The van der Waals surface area contributed by atoms with E-state index in [1.807, 2.05) is 7.05 Å². The Bertz CT molecular complexity index is 403. The summed E-state index contributed by atoms with van der Waals surface area (Å²) in [4.78, 5) is 2.21. The molecule has 1 unspecified atom stereocenters. The van der Waals surface area contributed by atoms with Crippen molar-refractivity contribution in [2.24, 2.45) is 7.05 Å². The SMILES string of the molecule is CN(C)C1(C(O)c2c(Br)cnn2C)CCCCCC1. The van der Waals surface area contributed by atoms with Gasteiger partial charge in [0, 0.05) is 7.05 Å². The van der Waals surface area contributed by atoms with Crippen molar-refractivity contribution in [1.82, 2.24) is 14.7 Å². The molecule has 1 N–H and O–H groups in total. The van der Waals surface area contributed by atoms with Crippen molar-refractivity contribution >= 4 is 15.9 Å². The van der Waals surface area contributed by atoms with Crippen molar-refractivity contribution in [3.63, 3.8) is 0 Å². The largest absolute Gasteiger partial charge is 0.385 e. The van der Waals surface area contributed by atoms with E-state index in [1.165, 1.54) is 25.7 Å². The first kappa shape index (κ1) is 15.0. The van der Waals surface area contributed by atoms with Gasteiger partial charge in [-0.2, -0.15) is 5.10 Å². The van der Waals surface area contributed by atoms with E-state index in [9.17, 15) is 5.11 Å². The predicted octanol–water partition coefficient (Wildman–Crippen LogP) is 2.87. The van der Waals surface area contributed by atoms with Gasteiger partial charge in [-0.15, -0.1) is 0 Å². The highest BCUT2D eigenvalue weighted by Gasteiger charge is 2.42. The summed E-state index contributed by atoms with van der Waals surface area (Å²) in [5, 5.41) is 15.2. The number of hydrogen-bond donors (Lipinski definition) is 1. The Morgan fingerprint density at radius 1 is 1.32 bits per heavy atom. The Morgan fingerprint density at radius 3 is 2.32 bits per heavy atom. The summed E-state index contributed by atoms with van der Waals surface area (Å²) in [6.07, 6.45) is 8.25. The highest BCUT2D eigenvalue weighted by molar-refractivity contribution is 9.10. The van der Waals surface area contributed by atoms with Gasteiger partial charge in [0.25, 0.3) is 0 Å². The third kappa shape index (κ3) is 2.73.